The van der Waals surface area contributed by atoms with Gasteiger partial charge in [0.2, 0.25) is 5.28 Å². The molecule has 2 aromatic rings. The summed E-state index contributed by atoms with van der Waals surface area (Å²) in [6, 6.07) is 2.07. The predicted molar refractivity (Wildman–Crippen MR) is 78.1 cm³/mol. The average Bonchev–Trinajstić information content (AvgIpc) is 3.11. The van der Waals surface area contributed by atoms with Crippen LogP contribution in [0, 0.1) is 0 Å². The van der Waals surface area contributed by atoms with E-state index in [-0.39, 0.29) is 24.3 Å². The maximum absolute atomic E-state index is 12.5. The third-order valence-corrected chi connectivity index (χ3v) is 3.98. The maximum Gasteiger partial charge on any atom is 0.270 e. The summed E-state index contributed by atoms with van der Waals surface area (Å²) in [5, 5.41) is 1.00. The van der Waals surface area contributed by atoms with Gasteiger partial charge in [0, 0.05) is 33.1 Å². The van der Waals surface area contributed by atoms with Crippen LogP contribution < -0.4 is 0 Å². The molecule has 5 nitrogen and oxygen atoms in total. The lowest BCUT2D eigenvalue weighted by molar-refractivity contribution is 0.0815. The first kappa shape index (κ1) is 12.1. The summed E-state index contributed by atoms with van der Waals surface area (Å²) in [6.07, 6.45) is 6.04. The number of rotatable bonds is 2. The quantitative estimate of drug-likeness (QED) is 0.800. The van der Waals surface area contributed by atoms with Crippen LogP contribution in [-0.4, -0.2) is 39.4 Å². The van der Waals surface area contributed by atoms with Gasteiger partial charge in [0.1, 0.15) is 11.3 Å². The molecule has 106 valence electrons. The molecule has 0 saturated heterocycles. The predicted octanol–water partition coefficient (Wildman–Crippen LogP) is 2.90. The van der Waals surface area contributed by atoms with E-state index in [1.54, 1.807) is 19.3 Å². The van der Waals surface area contributed by atoms with Crippen LogP contribution in [0.3, 0.4) is 0 Å². The smallest absolute Gasteiger partial charge is 0.270 e. The first-order valence-corrected chi connectivity index (χ1v) is 7.08. The van der Waals surface area contributed by atoms with Gasteiger partial charge in [-0.1, -0.05) is 12.8 Å². The third kappa shape index (κ3) is 2.16. The van der Waals surface area contributed by atoms with Crippen LogP contribution in [0.5, 0.6) is 0 Å². The van der Waals surface area contributed by atoms with Crippen molar-refractivity contribution in [2.45, 2.75) is 31.7 Å². The van der Waals surface area contributed by atoms with Crippen molar-refractivity contribution in [1.29, 1.82) is 0 Å². The molecule has 6 heteroatoms. The number of fused-ring (bicyclic) bond motifs is 1. The van der Waals surface area contributed by atoms with Crippen molar-refractivity contribution < 1.29 is 6.17 Å². The number of carbonyl (C=O) groups is 1. The summed E-state index contributed by atoms with van der Waals surface area (Å²) in [4.78, 5) is 22.2. The Morgan fingerprint density at radius 3 is 3.00 bits per heavy atom. The van der Waals surface area contributed by atoms with E-state index in [1.807, 2.05) is 4.57 Å². The summed E-state index contributed by atoms with van der Waals surface area (Å²) in [5.41, 5.74) is 1.28. The molecule has 1 aliphatic carbocycles. The van der Waals surface area contributed by atoms with Crippen molar-refractivity contribution in [1.82, 2.24) is 19.4 Å². The van der Waals surface area contributed by atoms with Crippen LogP contribution in [-0.2, 0) is 0 Å². The van der Waals surface area contributed by atoms with Crippen LogP contribution in [0.1, 0.15) is 43.6 Å². The minimum absolute atomic E-state index is 0.0720. The Morgan fingerprint density at radius 1 is 1.55 bits per heavy atom. The van der Waals surface area contributed by atoms with Gasteiger partial charge in [0.25, 0.3) is 5.91 Å². The molecule has 0 spiro atoms. The molecule has 2 heterocycles. The first-order valence-electron chi connectivity index (χ1n) is 7.40. The number of nitrogens with zero attached hydrogens (tertiary/aromatic N) is 4. The van der Waals surface area contributed by atoms with Gasteiger partial charge >= 0.3 is 0 Å². The van der Waals surface area contributed by atoms with E-state index >= 15 is 0 Å². The van der Waals surface area contributed by atoms with Gasteiger partial charge < -0.3 is 9.47 Å². The molecule has 0 N–H and O–H groups in total. The zero-order valence-corrected chi connectivity index (χ0v) is 12.1. The van der Waals surface area contributed by atoms with Gasteiger partial charge in [-0.15, -0.1) is 0 Å². The van der Waals surface area contributed by atoms with Crippen LogP contribution in [0.4, 0.5) is 0 Å². The van der Waals surface area contributed by atoms with E-state index in [0.717, 1.165) is 31.1 Å². The molecule has 1 fully saturated rings. The average molecular weight is 294 g/mol. The Hall–Kier alpha value is -1.62. The molecule has 1 amide bonds. The molecule has 0 aromatic carbocycles. The van der Waals surface area contributed by atoms with Gasteiger partial charge in [-0.2, -0.15) is 4.98 Å². The molecule has 1 saturated carbocycles. The van der Waals surface area contributed by atoms with Crippen LogP contribution >= 0.6 is 11.6 Å². The lowest BCUT2D eigenvalue weighted by Crippen LogP contribution is -2.25. The minimum Gasteiger partial charge on any atom is -0.343 e. The fourth-order valence-electron chi connectivity index (χ4n) is 2.88. The van der Waals surface area contributed by atoms with E-state index in [2.05, 4.69) is 9.97 Å². The van der Waals surface area contributed by atoms with Gasteiger partial charge in [0.05, 0.1) is 0 Å². The molecule has 0 unspecified atom stereocenters. The molecule has 20 heavy (non-hydrogen) atoms. The first-order chi connectivity index (χ1) is 10.1. The molecule has 0 atom stereocenters. The van der Waals surface area contributed by atoms with Crippen molar-refractivity contribution in [3.8, 4) is 0 Å². The minimum atomic E-state index is -0.161. The highest BCUT2D eigenvalue weighted by atomic mass is 35.5. The van der Waals surface area contributed by atoms with Crippen molar-refractivity contribution in [2.24, 2.45) is 0 Å². The highest BCUT2D eigenvalue weighted by Gasteiger charge is 2.26. The third-order valence-electron chi connectivity index (χ3n) is 3.80. The Kier molecular flexibility index (Phi) is 3.07. The molecule has 3 rings (SSSR count). The second kappa shape index (κ2) is 5.05. The van der Waals surface area contributed by atoms with E-state index in [9.17, 15) is 4.79 Å². The topological polar surface area (TPSA) is 51.0 Å². The second-order valence-corrected chi connectivity index (χ2v) is 5.60. The lowest BCUT2D eigenvalue weighted by atomic mass is 10.2. The van der Waals surface area contributed by atoms with E-state index in [0.29, 0.717) is 11.3 Å². The largest absolute Gasteiger partial charge is 0.343 e. The van der Waals surface area contributed by atoms with E-state index in [1.165, 1.54) is 4.90 Å². The number of carbonyl (C=O) groups excluding carboxylic acids is 1. The number of amides is 1. The molecule has 0 radical (unpaired) electrons. The highest BCUT2D eigenvalue weighted by Crippen LogP contribution is 2.34. The Morgan fingerprint density at radius 2 is 2.30 bits per heavy atom. The van der Waals surface area contributed by atoms with Gasteiger partial charge in [0.15, 0.2) is 0 Å². The molecular weight excluding hydrogens is 276 g/mol. The number of hydrogen-bond acceptors (Lipinski definition) is 3. The monoisotopic (exact) mass is 293 g/mol. The van der Waals surface area contributed by atoms with Crippen molar-refractivity contribution in [3.63, 3.8) is 0 Å². The highest BCUT2D eigenvalue weighted by molar-refractivity contribution is 6.28. The molecule has 1 aliphatic rings. The lowest BCUT2D eigenvalue weighted by Gasteiger charge is -2.18. The Labute approximate surface area is 124 Å². The summed E-state index contributed by atoms with van der Waals surface area (Å²) < 4.78 is 9.37. The summed E-state index contributed by atoms with van der Waals surface area (Å²) >= 11 is 5.92. The number of hydrogen-bond donors (Lipinski definition) is 0. The molecule has 0 aliphatic heterocycles. The van der Waals surface area contributed by atoms with Gasteiger partial charge in [-0.25, -0.2) is 4.98 Å². The zero-order valence-electron chi connectivity index (χ0n) is 12.3. The summed E-state index contributed by atoms with van der Waals surface area (Å²) in [7, 11) is 1.56. The summed E-state index contributed by atoms with van der Waals surface area (Å²) in [5.74, 6) is -0.161. The van der Waals surface area contributed by atoms with Crippen LogP contribution in [0.2, 0.25) is 5.28 Å². The molecule has 2 aromatic heterocycles. The van der Waals surface area contributed by atoms with Crippen LogP contribution in [0.25, 0.3) is 11.0 Å². The number of halogens is 1. The normalized spacial score (nSPS) is 16.6. The van der Waals surface area contributed by atoms with Crippen LogP contribution in [0.15, 0.2) is 12.3 Å². The molecule has 0 bridgehead atoms. The fourth-order valence-corrected chi connectivity index (χ4v) is 3.01. The van der Waals surface area contributed by atoms with E-state index in [4.69, 9.17) is 13.0 Å². The Bertz CT molecular complexity index is 681. The van der Waals surface area contributed by atoms with E-state index < -0.39 is 0 Å². The van der Waals surface area contributed by atoms with Crippen molar-refractivity contribution in [2.75, 3.05) is 14.1 Å². The fraction of sp³-hybridized carbons (Fsp3) is 0.500. The summed E-state index contributed by atoms with van der Waals surface area (Å²) in [6.45, 7) is 0. The molecular formula is C14H17ClN4O. The van der Waals surface area contributed by atoms with Gasteiger partial charge in [-0.05, 0) is 30.5 Å². The SMILES string of the molecule is [2H]CN(C)C(=O)c1cc2cnc(Cl)nc2n1C1CCCC1. The second-order valence-electron chi connectivity index (χ2n) is 5.26. The standard InChI is InChI=1S/C14H17ClN4O/c1-18(2)13(20)11-7-9-8-16-14(15)17-12(9)19(11)10-5-3-4-6-10/h7-8,10H,3-6H2,1-2H3/i1D. The zero-order chi connectivity index (χ0) is 15.0. The number of aromatic nitrogens is 3. The van der Waals surface area contributed by atoms with Crippen molar-refractivity contribution in [3.05, 3.63) is 23.2 Å². The maximum atomic E-state index is 12.5. The van der Waals surface area contributed by atoms with Gasteiger partial charge in [-0.3, -0.25) is 4.79 Å². The van der Waals surface area contributed by atoms with Crippen molar-refractivity contribution >= 4 is 28.5 Å². The Balaban J connectivity index is 2.17.